The van der Waals surface area contributed by atoms with E-state index in [4.69, 9.17) is 4.74 Å². The summed E-state index contributed by atoms with van der Waals surface area (Å²) >= 11 is 0. The van der Waals surface area contributed by atoms with Gasteiger partial charge in [0.05, 0.1) is 7.11 Å². The third-order valence-corrected chi connectivity index (χ3v) is 2.46. The highest BCUT2D eigenvalue weighted by atomic mass is 19.1. The zero-order chi connectivity index (χ0) is 11.5. The topological polar surface area (TPSA) is 22.1 Å². The van der Waals surface area contributed by atoms with Crippen LogP contribution in [0.15, 0.2) is 36.5 Å². The fraction of sp³-hybridized carbons (Fsp3) is 0.154. The molecule has 3 heteroatoms. The average Bonchev–Trinajstić information content (AvgIpc) is 2.32. The molecular weight excluding hydrogens is 205 g/mol. The Bertz CT molecular complexity index is 494. The molecule has 2 rings (SSSR count). The van der Waals surface area contributed by atoms with E-state index < -0.39 is 0 Å². The Labute approximate surface area is 93.7 Å². The summed E-state index contributed by atoms with van der Waals surface area (Å²) in [6.45, 7) is 1.94. The molecule has 0 unspecified atom stereocenters. The fourth-order valence-electron chi connectivity index (χ4n) is 1.57. The number of methoxy groups -OCH3 is 1. The minimum atomic E-state index is -0.239. The zero-order valence-electron chi connectivity index (χ0n) is 9.20. The van der Waals surface area contributed by atoms with Crippen molar-refractivity contribution in [1.82, 2.24) is 4.98 Å². The van der Waals surface area contributed by atoms with Crippen molar-refractivity contribution in [2.24, 2.45) is 0 Å². The maximum Gasteiger partial charge on any atom is 0.212 e. The standard InChI is InChI=1S/C13H12FNO/c1-9-3-5-11(14)7-12(9)10-4-6-13(16-2)15-8-10/h3-8H,1-2H3. The monoisotopic (exact) mass is 217 g/mol. The normalized spacial score (nSPS) is 10.2. The number of aryl methyl sites for hydroxylation is 1. The molecule has 0 atom stereocenters. The lowest BCUT2D eigenvalue weighted by Gasteiger charge is -2.06. The first-order chi connectivity index (χ1) is 7.70. The quantitative estimate of drug-likeness (QED) is 0.770. The van der Waals surface area contributed by atoms with Crippen molar-refractivity contribution in [3.63, 3.8) is 0 Å². The van der Waals surface area contributed by atoms with E-state index in [1.165, 1.54) is 12.1 Å². The predicted octanol–water partition coefficient (Wildman–Crippen LogP) is 3.20. The third kappa shape index (κ3) is 2.03. The third-order valence-electron chi connectivity index (χ3n) is 2.46. The van der Waals surface area contributed by atoms with E-state index in [0.717, 1.165) is 16.7 Å². The maximum atomic E-state index is 13.1. The van der Waals surface area contributed by atoms with Gasteiger partial charge in [0.2, 0.25) is 5.88 Å². The van der Waals surface area contributed by atoms with Crippen LogP contribution in [0.4, 0.5) is 4.39 Å². The first-order valence-corrected chi connectivity index (χ1v) is 4.97. The van der Waals surface area contributed by atoms with E-state index in [9.17, 15) is 4.39 Å². The molecule has 0 saturated carbocycles. The van der Waals surface area contributed by atoms with Crippen LogP contribution < -0.4 is 4.74 Å². The molecule has 82 valence electrons. The molecule has 0 aliphatic heterocycles. The van der Waals surface area contributed by atoms with Crippen molar-refractivity contribution in [3.05, 3.63) is 47.9 Å². The number of halogens is 1. The summed E-state index contributed by atoms with van der Waals surface area (Å²) in [6, 6.07) is 8.36. The number of aromatic nitrogens is 1. The lowest BCUT2D eigenvalue weighted by atomic mass is 10.0. The molecule has 1 heterocycles. The van der Waals surface area contributed by atoms with Crippen molar-refractivity contribution in [1.29, 1.82) is 0 Å². The highest BCUT2D eigenvalue weighted by Crippen LogP contribution is 2.24. The Hall–Kier alpha value is -1.90. The van der Waals surface area contributed by atoms with Gasteiger partial charge in [-0.1, -0.05) is 6.07 Å². The molecule has 0 aliphatic rings. The number of ether oxygens (including phenoxy) is 1. The van der Waals surface area contributed by atoms with Gasteiger partial charge in [-0.15, -0.1) is 0 Å². The first-order valence-electron chi connectivity index (χ1n) is 4.97. The van der Waals surface area contributed by atoms with Gasteiger partial charge in [0.1, 0.15) is 5.82 Å². The molecule has 1 aromatic heterocycles. The largest absolute Gasteiger partial charge is 0.481 e. The minimum absolute atomic E-state index is 0.239. The van der Waals surface area contributed by atoms with Gasteiger partial charge in [-0.3, -0.25) is 0 Å². The molecule has 0 fully saturated rings. The van der Waals surface area contributed by atoms with Gasteiger partial charge in [0.15, 0.2) is 0 Å². The number of hydrogen-bond donors (Lipinski definition) is 0. The lowest BCUT2D eigenvalue weighted by Crippen LogP contribution is -1.89. The Morgan fingerprint density at radius 3 is 2.62 bits per heavy atom. The van der Waals surface area contributed by atoms with Crippen LogP contribution in [0.1, 0.15) is 5.56 Å². The number of rotatable bonds is 2. The summed E-state index contributed by atoms with van der Waals surface area (Å²) in [5.74, 6) is 0.314. The maximum absolute atomic E-state index is 13.1. The van der Waals surface area contributed by atoms with E-state index in [1.807, 2.05) is 13.0 Å². The van der Waals surface area contributed by atoms with Gasteiger partial charge in [0.25, 0.3) is 0 Å². The second-order valence-corrected chi connectivity index (χ2v) is 3.55. The van der Waals surface area contributed by atoms with Crippen molar-refractivity contribution in [2.75, 3.05) is 7.11 Å². The second kappa shape index (κ2) is 4.31. The Morgan fingerprint density at radius 2 is 2.00 bits per heavy atom. The van der Waals surface area contributed by atoms with Crippen molar-refractivity contribution < 1.29 is 9.13 Å². The molecule has 0 amide bonds. The van der Waals surface area contributed by atoms with Crippen molar-refractivity contribution in [2.45, 2.75) is 6.92 Å². The molecular formula is C13H12FNO. The molecule has 0 radical (unpaired) electrons. The van der Waals surface area contributed by atoms with Gasteiger partial charge in [-0.05, 0) is 36.2 Å². The van der Waals surface area contributed by atoms with E-state index in [-0.39, 0.29) is 5.82 Å². The number of nitrogens with zero attached hydrogens (tertiary/aromatic N) is 1. The zero-order valence-corrected chi connectivity index (χ0v) is 9.20. The van der Waals surface area contributed by atoms with Crippen molar-refractivity contribution in [3.8, 4) is 17.0 Å². The lowest BCUT2D eigenvalue weighted by molar-refractivity contribution is 0.398. The van der Waals surface area contributed by atoms with Gasteiger partial charge in [-0.2, -0.15) is 0 Å². The van der Waals surface area contributed by atoms with Crippen LogP contribution in [0, 0.1) is 12.7 Å². The van der Waals surface area contributed by atoms with Crippen LogP contribution in [0.2, 0.25) is 0 Å². The summed E-state index contributed by atoms with van der Waals surface area (Å²) in [5, 5.41) is 0. The summed E-state index contributed by atoms with van der Waals surface area (Å²) < 4.78 is 18.1. The molecule has 2 aromatic rings. The van der Waals surface area contributed by atoms with Gasteiger partial charge in [0, 0.05) is 17.8 Å². The van der Waals surface area contributed by atoms with Crippen LogP contribution in [-0.2, 0) is 0 Å². The summed E-state index contributed by atoms with van der Waals surface area (Å²) in [4.78, 5) is 4.10. The molecule has 0 N–H and O–H groups in total. The van der Waals surface area contributed by atoms with E-state index in [1.54, 1.807) is 25.4 Å². The van der Waals surface area contributed by atoms with E-state index in [0.29, 0.717) is 5.88 Å². The first kappa shape index (κ1) is 10.6. The Balaban J connectivity index is 2.45. The average molecular weight is 217 g/mol. The summed E-state index contributed by atoms with van der Waals surface area (Å²) in [6.07, 6.45) is 1.68. The molecule has 0 saturated heterocycles. The van der Waals surface area contributed by atoms with Crippen LogP contribution in [-0.4, -0.2) is 12.1 Å². The SMILES string of the molecule is COc1ccc(-c2cc(F)ccc2C)cn1. The number of pyridine rings is 1. The van der Waals surface area contributed by atoms with Gasteiger partial charge in [-0.25, -0.2) is 9.37 Å². The van der Waals surface area contributed by atoms with E-state index >= 15 is 0 Å². The van der Waals surface area contributed by atoms with Crippen LogP contribution in [0.5, 0.6) is 5.88 Å². The molecule has 0 bridgehead atoms. The highest BCUT2D eigenvalue weighted by molar-refractivity contribution is 5.66. The molecule has 2 nitrogen and oxygen atoms in total. The summed E-state index contributed by atoms with van der Waals surface area (Å²) in [7, 11) is 1.56. The van der Waals surface area contributed by atoms with Gasteiger partial charge < -0.3 is 4.74 Å². The predicted molar refractivity (Wildman–Crippen MR) is 60.9 cm³/mol. The van der Waals surface area contributed by atoms with Crippen LogP contribution in [0.3, 0.4) is 0 Å². The molecule has 0 spiro atoms. The van der Waals surface area contributed by atoms with Crippen molar-refractivity contribution >= 4 is 0 Å². The highest BCUT2D eigenvalue weighted by Gasteiger charge is 2.04. The fourth-order valence-corrected chi connectivity index (χ4v) is 1.57. The smallest absolute Gasteiger partial charge is 0.212 e. The second-order valence-electron chi connectivity index (χ2n) is 3.55. The Morgan fingerprint density at radius 1 is 1.19 bits per heavy atom. The summed E-state index contributed by atoms with van der Waals surface area (Å²) in [5.41, 5.74) is 2.77. The van der Waals surface area contributed by atoms with Crippen LogP contribution in [0.25, 0.3) is 11.1 Å². The van der Waals surface area contributed by atoms with Crippen LogP contribution >= 0.6 is 0 Å². The molecule has 1 aromatic carbocycles. The Kier molecular flexibility index (Phi) is 2.86. The van der Waals surface area contributed by atoms with E-state index in [2.05, 4.69) is 4.98 Å². The number of hydrogen-bond acceptors (Lipinski definition) is 2. The number of benzene rings is 1. The minimum Gasteiger partial charge on any atom is -0.481 e. The molecule has 0 aliphatic carbocycles. The molecule has 16 heavy (non-hydrogen) atoms. The van der Waals surface area contributed by atoms with Gasteiger partial charge >= 0.3 is 0 Å².